The van der Waals surface area contributed by atoms with E-state index in [4.69, 9.17) is 0 Å². The molecule has 0 radical (unpaired) electrons. The van der Waals surface area contributed by atoms with Crippen LogP contribution in [0.2, 0.25) is 0 Å². The smallest absolute Gasteiger partial charge is 0.00504 e. The van der Waals surface area contributed by atoms with E-state index in [1.165, 1.54) is 71.2 Å². The fraction of sp³-hybridized carbons (Fsp3) is 1.00. The van der Waals surface area contributed by atoms with E-state index in [1.807, 2.05) is 0 Å². The summed E-state index contributed by atoms with van der Waals surface area (Å²) in [6.07, 6.45) is 8.66. The number of hydrogen-bond donors (Lipinski definition) is 1. The van der Waals surface area contributed by atoms with Crippen molar-refractivity contribution < 1.29 is 0 Å². The minimum Gasteiger partial charge on any atom is -0.316 e. The zero-order valence-electron chi connectivity index (χ0n) is 15.0. The van der Waals surface area contributed by atoms with Crippen LogP contribution >= 0.6 is 0 Å². The molecule has 0 aromatic carbocycles. The fourth-order valence-electron chi connectivity index (χ4n) is 4.71. The average Bonchev–Trinajstić information content (AvgIpc) is 2.37. The lowest BCUT2D eigenvalue weighted by Gasteiger charge is -2.45. The minimum absolute atomic E-state index is 0.559. The molecule has 2 atom stereocenters. The second-order valence-corrected chi connectivity index (χ2v) is 8.73. The highest BCUT2D eigenvalue weighted by molar-refractivity contribution is 4.89. The van der Waals surface area contributed by atoms with Crippen molar-refractivity contribution in [2.45, 2.75) is 66.2 Å². The van der Waals surface area contributed by atoms with Gasteiger partial charge in [-0.1, -0.05) is 47.0 Å². The van der Waals surface area contributed by atoms with E-state index in [2.05, 4.69) is 37.9 Å². The van der Waals surface area contributed by atoms with Crippen molar-refractivity contribution in [1.82, 2.24) is 10.2 Å². The highest BCUT2D eigenvalue weighted by Crippen LogP contribution is 2.37. The normalized spacial score (nSPS) is 30.7. The van der Waals surface area contributed by atoms with Gasteiger partial charge in [0.25, 0.3) is 0 Å². The molecule has 0 aromatic heterocycles. The van der Waals surface area contributed by atoms with Crippen molar-refractivity contribution in [2.75, 3.05) is 32.7 Å². The Balaban J connectivity index is 1.91. The molecule has 1 aliphatic heterocycles. The molecule has 0 aromatic rings. The molecule has 124 valence electrons. The maximum Gasteiger partial charge on any atom is 0.00504 e. The highest BCUT2D eigenvalue weighted by Gasteiger charge is 2.35. The van der Waals surface area contributed by atoms with Crippen molar-refractivity contribution in [1.29, 1.82) is 0 Å². The van der Waals surface area contributed by atoms with Gasteiger partial charge in [0.15, 0.2) is 0 Å². The number of likely N-dealkylation sites (tertiary alicyclic amines) is 1. The lowest BCUT2D eigenvalue weighted by Crippen LogP contribution is -2.49. The number of rotatable bonds is 6. The maximum atomic E-state index is 3.78. The van der Waals surface area contributed by atoms with Gasteiger partial charge in [0.2, 0.25) is 0 Å². The molecule has 1 N–H and O–H groups in total. The molecule has 2 rings (SSSR count). The topological polar surface area (TPSA) is 15.3 Å². The van der Waals surface area contributed by atoms with Crippen LogP contribution < -0.4 is 5.32 Å². The van der Waals surface area contributed by atoms with Gasteiger partial charge in [0, 0.05) is 26.2 Å². The zero-order chi connectivity index (χ0) is 15.3. The van der Waals surface area contributed by atoms with Gasteiger partial charge in [-0.05, 0) is 49.0 Å². The molecule has 0 spiro atoms. The van der Waals surface area contributed by atoms with E-state index < -0.39 is 0 Å². The van der Waals surface area contributed by atoms with Crippen LogP contribution in [0.3, 0.4) is 0 Å². The molecule has 2 nitrogen and oxygen atoms in total. The molecular formula is C19H38N2. The molecule has 2 fully saturated rings. The summed E-state index contributed by atoms with van der Waals surface area (Å²) in [6, 6.07) is 0. The van der Waals surface area contributed by atoms with Crippen LogP contribution in [0.15, 0.2) is 0 Å². The van der Waals surface area contributed by atoms with Crippen molar-refractivity contribution in [3.05, 3.63) is 0 Å². The Morgan fingerprint density at radius 1 is 1.05 bits per heavy atom. The summed E-state index contributed by atoms with van der Waals surface area (Å²) in [6.45, 7) is 15.9. The first-order valence-corrected chi connectivity index (χ1v) is 9.42. The van der Waals surface area contributed by atoms with E-state index in [1.54, 1.807) is 0 Å². The van der Waals surface area contributed by atoms with Crippen LogP contribution in [0, 0.1) is 23.2 Å². The predicted molar refractivity (Wildman–Crippen MR) is 92.6 cm³/mol. The summed E-state index contributed by atoms with van der Waals surface area (Å²) in [5, 5.41) is 3.78. The second-order valence-electron chi connectivity index (χ2n) is 8.73. The minimum atomic E-state index is 0.559. The van der Waals surface area contributed by atoms with E-state index >= 15 is 0 Å². The van der Waals surface area contributed by atoms with E-state index in [9.17, 15) is 0 Å². The first kappa shape index (κ1) is 17.3. The number of piperidine rings is 1. The average molecular weight is 295 g/mol. The van der Waals surface area contributed by atoms with Gasteiger partial charge in [-0.2, -0.15) is 0 Å². The summed E-state index contributed by atoms with van der Waals surface area (Å²) in [5.41, 5.74) is 0.559. The largest absolute Gasteiger partial charge is 0.316 e. The van der Waals surface area contributed by atoms with Crippen LogP contribution in [-0.2, 0) is 0 Å². The molecule has 0 bridgehead atoms. The summed E-state index contributed by atoms with van der Waals surface area (Å²) in [4.78, 5) is 2.79. The van der Waals surface area contributed by atoms with Gasteiger partial charge in [0.05, 0.1) is 0 Å². The molecule has 1 saturated heterocycles. The number of nitrogens with one attached hydrogen (secondary N) is 1. The predicted octanol–water partition coefficient (Wildman–Crippen LogP) is 4.16. The Morgan fingerprint density at radius 3 is 2.24 bits per heavy atom. The van der Waals surface area contributed by atoms with Gasteiger partial charge in [0.1, 0.15) is 0 Å². The molecule has 1 aliphatic carbocycles. The monoisotopic (exact) mass is 294 g/mol. The summed E-state index contributed by atoms with van der Waals surface area (Å²) < 4.78 is 0. The molecule has 2 aliphatic rings. The number of hydrogen-bond acceptors (Lipinski definition) is 2. The molecule has 2 unspecified atom stereocenters. The Bertz CT molecular complexity index is 284. The van der Waals surface area contributed by atoms with Gasteiger partial charge >= 0.3 is 0 Å². The van der Waals surface area contributed by atoms with Gasteiger partial charge in [-0.15, -0.1) is 0 Å². The molecule has 1 heterocycles. The van der Waals surface area contributed by atoms with Crippen LogP contribution in [0.4, 0.5) is 0 Å². The summed E-state index contributed by atoms with van der Waals surface area (Å²) in [7, 11) is 0. The van der Waals surface area contributed by atoms with Crippen molar-refractivity contribution >= 4 is 0 Å². The Hall–Kier alpha value is -0.0800. The lowest BCUT2D eigenvalue weighted by atomic mass is 9.73. The summed E-state index contributed by atoms with van der Waals surface area (Å²) >= 11 is 0. The fourth-order valence-corrected chi connectivity index (χ4v) is 4.71. The van der Waals surface area contributed by atoms with E-state index in [0.29, 0.717) is 5.41 Å². The molecule has 1 saturated carbocycles. The standard InChI is InChI=1S/C19H38N2/c1-16(2)11-20-14-19(8-6-5-7-9-19)15-21-12-17(3)10-18(4)13-21/h16-18,20H,5-15H2,1-4H3. The number of nitrogens with zero attached hydrogens (tertiary/aromatic N) is 1. The first-order chi connectivity index (χ1) is 9.99. The third-order valence-electron chi connectivity index (χ3n) is 5.47. The van der Waals surface area contributed by atoms with Crippen LogP contribution in [-0.4, -0.2) is 37.6 Å². The first-order valence-electron chi connectivity index (χ1n) is 9.42. The molecular weight excluding hydrogens is 256 g/mol. The third kappa shape index (κ3) is 5.56. The van der Waals surface area contributed by atoms with Gasteiger partial charge in [-0.3, -0.25) is 0 Å². The third-order valence-corrected chi connectivity index (χ3v) is 5.47. The Kier molecular flexibility index (Phi) is 6.55. The maximum absolute atomic E-state index is 3.78. The van der Waals surface area contributed by atoms with Crippen molar-refractivity contribution in [3.63, 3.8) is 0 Å². The van der Waals surface area contributed by atoms with Crippen LogP contribution in [0.5, 0.6) is 0 Å². The van der Waals surface area contributed by atoms with Gasteiger partial charge < -0.3 is 10.2 Å². The Labute approximate surface area is 133 Å². The van der Waals surface area contributed by atoms with E-state index in [0.717, 1.165) is 17.8 Å². The summed E-state index contributed by atoms with van der Waals surface area (Å²) in [5.74, 6) is 2.54. The highest BCUT2D eigenvalue weighted by atomic mass is 15.1. The second kappa shape index (κ2) is 7.97. The molecule has 0 amide bonds. The SMILES string of the molecule is CC(C)CNCC1(CN2CC(C)CC(C)C2)CCCCC1. The van der Waals surface area contributed by atoms with Crippen molar-refractivity contribution in [2.24, 2.45) is 23.2 Å². The quantitative estimate of drug-likeness (QED) is 0.791. The van der Waals surface area contributed by atoms with Crippen LogP contribution in [0.1, 0.15) is 66.2 Å². The van der Waals surface area contributed by atoms with Gasteiger partial charge in [-0.25, -0.2) is 0 Å². The zero-order valence-corrected chi connectivity index (χ0v) is 15.0. The molecule has 2 heteroatoms. The van der Waals surface area contributed by atoms with Crippen molar-refractivity contribution in [3.8, 4) is 0 Å². The van der Waals surface area contributed by atoms with Crippen LogP contribution in [0.25, 0.3) is 0 Å². The lowest BCUT2D eigenvalue weighted by molar-refractivity contribution is 0.0580. The Morgan fingerprint density at radius 2 is 1.67 bits per heavy atom. The molecule has 21 heavy (non-hydrogen) atoms. The van der Waals surface area contributed by atoms with E-state index in [-0.39, 0.29) is 0 Å².